The fraction of sp³-hybridized carbons (Fsp3) is 0.267. The average Bonchev–Trinajstić information content (AvgIpc) is 3.48. The smallest absolute Gasteiger partial charge is 0.266 e. The SMILES string of the molecule is CC(C)CC1NC2(c3ccccc3-n3c2nc2ccccc2c3=O)[C@H]2C(=O)N(c3ccccc3F)C(=O)[C@@H]12. The number of rotatable bonds is 3. The first kappa shape index (κ1) is 23.0. The fourth-order valence-electron chi connectivity index (χ4n) is 6.80. The highest BCUT2D eigenvalue weighted by Crippen LogP contribution is 2.56. The molecule has 1 spiro atoms. The number of nitrogens with one attached hydrogen (secondary N) is 1. The van der Waals surface area contributed by atoms with Crippen LogP contribution in [0.3, 0.4) is 0 Å². The summed E-state index contributed by atoms with van der Waals surface area (Å²) in [5, 5.41) is 4.14. The van der Waals surface area contributed by atoms with E-state index in [2.05, 4.69) is 19.2 Å². The van der Waals surface area contributed by atoms with E-state index in [-0.39, 0.29) is 23.2 Å². The Kier molecular flexibility index (Phi) is 4.79. The largest absolute Gasteiger partial charge is 0.297 e. The lowest BCUT2D eigenvalue weighted by Gasteiger charge is -2.32. The van der Waals surface area contributed by atoms with E-state index in [1.165, 1.54) is 18.2 Å². The average molecular weight is 509 g/mol. The Morgan fingerprint density at radius 2 is 1.61 bits per heavy atom. The minimum Gasteiger partial charge on any atom is -0.297 e. The Bertz CT molecular complexity index is 1730. The quantitative estimate of drug-likeness (QED) is 0.425. The van der Waals surface area contributed by atoms with Crippen molar-refractivity contribution >= 4 is 28.4 Å². The topological polar surface area (TPSA) is 84.3 Å². The number of hydrogen-bond donors (Lipinski definition) is 1. The number of carbonyl (C=O) groups is 2. The van der Waals surface area contributed by atoms with Crippen LogP contribution in [0.15, 0.2) is 77.6 Å². The molecule has 8 heteroatoms. The van der Waals surface area contributed by atoms with Gasteiger partial charge in [0.05, 0.1) is 34.1 Å². The highest BCUT2D eigenvalue weighted by Gasteiger charge is 2.69. The van der Waals surface area contributed by atoms with E-state index in [9.17, 15) is 18.8 Å². The standard InChI is InChI=1S/C30H25FN4O3/c1-16(2)15-21-24-25(28(38)34(27(24)37)23-14-8-5-11-19(23)31)30(33-21)18-10-4-7-13-22(18)35-26(36)17-9-3-6-12-20(17)32-29(30)35/h3-14,16,21,24-25,33H,15H2,1-2H3/t21?,24-,25+,30?/m0/s1. The second-order valence-corrected chi connectivity index (χ2v) is 10.8. The summed E-state index contributed by atoms with van der Waals surface area (Å²) in [6.45, 7) is 4.12. The second-order valence-electron chi connectivity index (χ2n) is 10.8. The van der Waals surface area contributed by atoms with Crippen molar-refractivity contribution in [2.75, 3.05) is 4.90 Å². The maximum Gasteiger partial charge on any atom is 0.266 e. The maximum atomic E-state index is 14.9. The molecule has 2 unspecified atom stereocenters. The molecule has 0 radical (unpaired) electrons. The van der Waals surface area contributed by atoms with Crippen LogP contribution in [-0.4, -0.2) is 27.4 Å². The van der Waals surface area contributed by atoms with Gasteiger partial charge in [-0.3, -0.25) is 24.3 Å². The first-order valence-electron chi connectivity index (χ1n) is 12.9. The van der Waals surface area contributed by atoms with Crippen LogP contribution >= 0.6 is 0 Å². The Hall–Kier alpha value is -4.17. The minimum atomic E-state index is -1.23. The molecule has 0 aliphatic carbocycles. The van der Waals surface area contributed by atoms with Gasteiger partial charge in [0.25, 0.3) is 5.56 Å². The van der Waals surface area contributed by atoms with Crippen molar-refractivity contribution in [2.24, 2.45) is 17.8 Å². The van der Waals surface area contributed by atoms with E-state index >= 15 is 0 Å². The molecule has 190 valence electrons. The minimum absolute atomic E-state index is 0.0505. The van der Waals surface area contributed by atoms with Crippen molar-refractivity contribution in [1.82, 2.24) is 14.9 Å². The van der Waals surface area contributed by atoms with Crippen LogP contribution in [0.2, 0.25) is 0 Å². The molecule has 0 bridgehead atoms. The van der Waals surface area contributed by atoms with Crippen LogP contribution in [-0.2, 0) is 15.1 Å². The lowest BCUT2D eigenvalue weighted by atomic mass is 9.75. The zero-order chi connectivity index (χ0) is 26.3. The summed E-state index contributed by atoms with van der Waals surface area (Å²) in [4.78, 5) is 48.1. The van der Waals surface area contributed by atoms with Gasteiger partial charge in [-0.2, -0.15) is 0 Å². The Morgan fingerprint density at radius 3 is 2.37 bits per heavy atom. The molecular formula is C30H25FN4O3. The molecule has 4 aromatic rings. The third-order valence-corrected chi connectivity index (χ3v) is 8.18. The molecule has 38 heavy (non-hydrogen) atoms. The van der Waals surface area contributed by atoms with Crippen LogP contribution < -0.4 is 15.8 Å². The molecule has 1 N–H and O–H groups in total. The van der Waals surface area contributed by atoms with Gasteiger partial charge in [0, 0.05) is 11.6 Å². The molecule has 3 aliphatic heterocycles. The van der Waals surface area contributed by atoms with Crippen molar-refractivity contribution in [3.05, 3.63) is 100 Å². The zero-order valence-electron chi connectivity index (χ0n) is 20.9. The molecular weight excluding hydrogens is 483 g/mol. The molecule has 2 fully saturated rings. The first-order chi connectivity index (χ1) is 18.3. The van der Waals surface area contributed by atoms with Crippen LogP contribution in [0.4, 0.5) is 10.1 Å². The molecule has 2 saturated heterocycles. The van der Waals surface area contributed by atoms with Gasteiger partial charge in [-0.1, -0.05) is 56.3 Å². The number of halogens is 1. The normalized spacial score (nSPS) is 25.5. The molecule has 0 saturated carbocycles. The summed E-state index contributed by atoms with van der Waals surface area (Å²) < 4.78 is 16.5. The third-order valence-electron chi connectivity index (χ3n) is 8.18. The van der Waals surface area contributed by atoms with Gasteiger partial charge in [0.1, 0.15) is 17.2 Å². The molecule has 4 heterocycles. The number of fused-ring (bicyclic) bond motifs is 8. The Labute approximate surface area is 217 Å². The highest BCUT2D eigenvalue weighted by atomic mass is 19.1. The summed E-state index contributed by atoms with van der Waals surface area (Å²) in [6.07, 6.45) is 0.618. The van der Waals surface area contributed by atoms with Gasteiger partial charge in [-0.05, 0) is 42.7 Å². The molecule has 2 amide bonds. The van der Waals surface area contributed by atoms with Crippen LogP contribution in [0, 0.1) is 23.6 Å². The molecule has 7 nitrogen and oxygen atoms in total. The fourth-order valence-corrected chi connectivity index (χ4v) is 6.80. The van der Waals surface area contributed by atoms with E-state index in [0.717, 1.165) is 10.5 Å². The Morgan fingerprint density at radius 1 is 0.921 bits per heavy atom. The van der Waals surface area contributed by atoms with E-state index in [1.54, 1.807) is 28.8 Å². The molecule has 3 aliphatic rings. The lowest BCUT2D eigenvalue weighted by Crippen LogP contribution is -2.50. The summed E-state index contributed by atoms with van der Waals surface area (Å²) in [5.41, 5.74) is 0.360. The van der Waals surface area contributed by atoms with Crippen molar-refractivity contribution in [3.63, 3.8) is 0 Å². The number of nitrogens with zero attached hydrogens (tertiary/aromatic N) is 3. The van der Waals surface area contributed by atoms with Gasteiger partial charge in [-0.15, -0.1) is 0 Å². The number of aromatic nitrogens is 2. The van der Waals surface area contributed by atoms with Gasteiger partial charge in [0.2, 0.25) is 11.8 Å². The molecule has 1 aromatic heterocycles. The summed E-state index contributed by atoms with van der Waals surface area (Å²) in [7, 11) is 0. The summed E-state index contributed by atoms with van der Waals surface area (Å²) in [6, 6.07) is 20.0. The van der Waals surface area contributed by atoms with Gasteiger partial charge in [-0.25, -0.2) is 14.3 Å². The van der Waals surface area contributed by atoms with Crippen LogP contribution in [0.5, 0.6) is 0 Å². The second kappa shape index (κ2) is 7.91. The number of benzene rings is 3. The van der Waals surface area contributed by atoms with E-state index < -0.39 is 35.0 Å². The zero-order valence-corrected chi connectivity index (χ0v) is 20.9. The lowest BCUT2D eigenvalue weighted by molar-refractivity contribution is -0.123. The van der Waals surface area contributed by atoms with Crippen molar-refractivity contribution in [3.8, 4) is 5.69 Å². The summed E-state index contributed by atoms with van der Waals surface area (Å²) in [5.74, 6) is -2.59. The van der Waals surface area contributed by atoms with Gasteiger partial charge >= 0.3 is 0 Å². The number of para-hydroxylation sites is 3. The van der Waals surface area contributed by atoms with Crippen LogP contribution in [0.1, 0.15) is 31.7 Å². The summed E-state index contributed by atoms with van der Waals surface area (Å²) >= 11 is 0. The number of imide groups is 1. The molecule has 7 rings (SSSR count). The number of hydrogen-bond acceptors (Lipinski definition) is 5. The van der Waals surface area contributed by atoms with Gasteiger partial charge in [0.15, 0.2) is 0 Å². The van der Waals surface area contributed by atoms with Crippen molar-refractivity contribution < 1.29 is 14.0 Å². The van der Waals surface area contributed by atoms with E-state index in [1.807, 2.05) is 30.3 Å². The van der Waals surface area contributed by atoms with E-state index in [4.69, 9.17) is 4.98 Å². The monoisotopic (exact) mass is 508 g/mol. The van der Waals surface area contributed by atoms with Crippen molar-refractivity contribution in [1.29, 1.82) is 0 Å². The number of anilines is 1. The molecule has 4 atom stereocenters. The molecule has 3 aromatic carbocycles. The number of carbonyl (C=O) groups excluding carboxylic acids is 2. The predicted octanol–water partition coefficient (Wildman–Crippen LogP) is 3.91. The predicted molar refractivity (Wildman–Crippen MR) is 140 cm³/mol. The van der Waals surface area contributed by atoms with E-state index in [0.29, 0.717) is 28.8 Å². The van der Waals surface area contributed by atoms with Crippen molar-refractivity contribution in [2.45, 2.75) is 31.8 Å². The first-order valence-corrected chi connectivity index (χ1v) is 12.9. The van der Waals surface area contributed by atoms with Gasteiger partial charge < -0.3 is 0 Å². The van der Waals surface area contributed by atoms with Crippen LogP contribution in [0.25, 0.3) is 16.6 Å². The maximum absolute atomic E-state index is 14.9. The highest BCUT2D eigenvalue weighted by molar-refractivity contribution is 6.23. The number of amides is 2. The third kappa shape index (κ3) is 2.81. The Balaban J connectivity index is 1.53.